The normalized spacial score (nSPS) is 13.3. The highest BCUT2D eigenvalue weighted by Crippen LogP contribution is 2.13. The molecule has 0 bridgehead atoms. The first kappa shape index (κ1) is 31.7. The summed E-state index contributed by atoms with van der Waals surface area (Å²) in [5, 5.41) is 2.71. The maximum atomic E-state index is 12.6. The van der Waals surface area contributed by atoms with E-state index in [0.717, 1.165) is 12.2 Å². The molecule has 1 heterocycles. The first-order chi connectivity index (χ1) is 17.3. The lowest BCUT2D eigenvalue weighted by atomic mass is 10.3. The van der Waals surface area contributed by atoms with Crippen molar-refractivity contribution in [2.45, 2.75) is 19.3 Å². The van der Waals surface area contributed by atoms with Crippen LogP contribution in [0, 0.1) is 0 Å². The van der Waals surface area contributed by atoms with E-state index in [9.17, 15) is 24.0 Å². The van der Waals surface area contributed by atoms with E-state index in [-0.39, 0.29) is 74.6 Å². The predicted octanol–water partition coefficient (Wildman–Crippen LogP) is 0.282. The van der Waals surface area contributed by atoms with Crippen molar-refractivity contribution in [3.63, 3.8) is 0 Å². The van der Waals surface area contributed by atoms with Crippen LogP contribution in [0.4, 0.5) is 0 Å². The van der Waals surface area contributed by atoms with Gasteiger partial charge < -0.3 is 29.5 Å². The summed E-state index contributed by atoms with van der Waals surface area (Å²) in [5.74, 6) is 0.188. The van der Waals surface area contributed by atoms with E-state index in [4.69, 9.17) is 9.47 Å². The largest absolute Gasteiger partial charge is 0.379 e. The number of Topliss-reactive ketones (excluding diaryl/α,β-unsaturated/α-hetero) is 1. The highest BCUT2D eigenvalue weighted by molar-refractivity contribution is 7.99. The molecular weight excluding hydrogens is 508 g/mol. The molecule has 1 N–H and O–H groups in total. The van der Waals surface area contributed by atoms with Gasteiger partial charge in [-0.15, -0.1) is 0 Å². The summed E-state index contributed by atoms with van der Waals surface area (Å²) in [4.78, 5) is 63.9. The zero-order valence-corrected chi connectivity index (χ0v) is 22.2. The molecule has 0 aromatic heterocycles. The zero-order chi connectivity index (χ0) is 26.8. The van der Waals surface area contributed by atoms with E-state index in [0.29, 0.717) is 44.3 Å². The minimum absolute atomic E-state index is 0.0174. The molecule has 0 unspecified atom stereocenters. The number of hydrogen-bond donors (Lipinski definition) is 2. The number of amides is 4. The zero-order valence-electron chi connectivity index (χ0n) is 20.5. The fourth-order valence-corrected chi connectivity index (χ4v) is 4.02. The van der Waals surface area contributed by atoms with Crippen molar-refractivity contribution in [3.8, 4) is 0 Å². The number of thiol groups is 1. The number of ether oxygens (including phenoxy) is 2. The number of nitrogens with one attached hydrogen (secondary N) is 1. The highest BCUT2D eigenvalue weighted by Gasteiger charge is 2.30. The summed E-state index contributed by atoms with van der Waals surface area (Å²) in [6.07, 6.45) is 3.09. The van der Waals surface area contributed by atoms with E-state index >= 15 is 0 Å². The van der Waals surface area contributed by atoms with Gasteiger partial charge in [-0.3, -0.25) is 24.0 Å². The molecule has 0 spiro atoms. The Bertz CT molecular complexity index is 754. The van der Waals surface area contributed by atoms with Crippen LogP contribution in [0.3, 0.4) is 0 Å². The molecule has 1 saturated heterocycles. The number of ketones is 1. The monoisotopic (exact) mass is 544 g/mol. The fraction of sp³-hybridized carbons (Fsp3) is 0.609. The Kier molecular flexibility index (Phi) is 16.6. The lowest BCUT2D eigenvalue weighted by Crippen LogP contribution is -2.59. The number of carbonyl (C=O) groups excluding carboxylic acids is 5. The van der Waals surface area contributed by atoms with Gasteiger partial charge in [-0.1, -0.05) is 13.2 Å². The molecular formula is C23H36N4O7S2. The summed E-state index contributed by atoms with van der Waals surface area (Å²) in [6, 6.07) is 0. The van der Waals surface area contributed by atoms with E-state index in [2.05, 4.69) is 31.1 Å². The molecule has 1 aliphatic heterocycles. The summed E-state index contributed by atoms with van der Waals surface area (Å²) < 4.78 is 10.7. The maximum absolute atomic E-state index is 12.6. The maximum Gasteiger partial charge on any atom is 0.248 e. The predicted molar refractivity (Wildman–Crippen MR) is 140 cm³/mol. The number of thioether (sulfide) groups is 1. The molecule has 0 aromatic rings. The molecule has 0 saturated carbocycles. The third kappa shape index (κ3) is 13.1. The summed E-state index contributed by atoms with van der Waals surface area (Å²) >= 11 is 5.33. The number of nitrogens with zero attached hydrogens (tertiary/aromatic N) is 3. The van der Waals surface area contributed by atoms with Crippen LogP contribution >= 0.6 is 24.4 Å². The van der Waals surface area contributed by atoms with E-state index in [1.54, 1.807) is 0 Å². The minimum atomic E-state index is -0.378. The Hall–Kier alpha value is -2.35. The lowest BCUT2D eigenvalue weighted by Gasteiger charge is -2.41. The highest BCUT2D eigenvalue weighted by atomic mass is 32.2. The first-order valence-corrected chi connectivity index (χ1v) is 13.3. The van der Waals surface area contributed by atoms with Gasteiger partial charge in [0.1, 0.15) is 5.78 Å². The van der Waals surface area contributed by atoms with Gasteiger partial charge in [-0.2, -0.15) is 24.4 Å². The first-order valence-electron chi connectivity index (χ1n) is 11.5. The molecule has 0 aromatic carbocycles. The van der Waals surface area contributed by atoms with Crippen LogP contribution < -0.4 is 5.32 Å². The van der Waals surface area contributed by atoms with Crippen molar-refractivity contribution in [1.82, 2.24) is 20.0 Å². The van der Waals surface area contributed by atoms with Gasteiger partial charge in [0.15, 0.2) is 0 Å². The average Bonchev–Trinajstić information content (AvgIpc) is 2.88. The second kappa shape index (κ2) is 18.9. The molecule has 1 rings (SSSR count). The van der Waals surface area contributed by atoms with Gasteiger partial charge >= 0.3 is 0 Å². The van der Waals surface area contributed by atoms with E-state index < -0.39 is 0 Å². The van der Waals surface area contributed by atoms with Gasteiger partial charge in [-0.05, 0) is 17.9 Å². The summed E-state index contributed by atoms with van der Waals surface area (Å²) in [7, 11) is 0. The third-order valence-electron chi connectivity index (χ3n) is 4.88. The second-order valence-electron chi connectivity index (χ2n) is 7.66. The average molecular weight is 545 g/mol. The van der Waals surface area contributed by atoms with Gasteiger partial charge in [0.05, 0.1) is 52.2 Å². The Balaban J connectivity index is 2.16. The van der Waals surface area contributed by atoms with Gasteiger partial charge in [0, 0.05) is 31.6 Å². The topological polar surface area (TPSA) is 126 Å². The number of rotatable bonds is 18. The van der Waals surface area contributed by atoms with E-state index in [1.807, 2.05) is 0 Å². The van der Waals surface area contributed by atoms with Crippen LogP contribution in [-0.4, -0.2) is 114 Å². The molecule has 0 radical (unpaired) electrons. The molecule has 11 nitrogen and oxygen atoms in total. The SMILES string of the molecule is C=CC(=O)N1CN(C(=O)C=C)CN(C(=O)CCSCC(=O)CCOCCOCCNC(=O)CCS)C1. The molecule has 36 heavy (non-hydrogen) atoms. The van der Waals surface area contributed by atoms with Crippen LogP contribution in [-0.2, 0) is 33.4 Å². The van der Waals surface area contributed by atoms with E-state index in [1.165, 1.54) is 26.5 Å². The van der Waals surface area contributed by atoms with Gasteiger partial charge in [0.25, 0.3) is 0 Å². The molecule has 202 valence electrons. The van der Waals surface area contributed by atoms with Crippen LogP contribution in [0.5, 0.6) is 0 Å². The third-order valence-corrected chi connectivity index (χ3v) is 6.12. The molecule has 13 heteroatoms. The Morgan fingerprint density at radius 3 is 2.00 bits per heavy atom. The molecule has 1 aliphatic rings. The van der Waals surface area contributed by atoms with Crippen molar-refractivity contribution in [3.05, 3.63) is 25.3 Å². The van der Waals surface area contributed by atoms with Crippen molar-refractivity contribution < 1.29 is 33.4 Å². The smallest absolute Gasteiger partial charge is 0.248 e. The molecule has 0 aliphatic carbocycles. The van der Waals surface area contributed by atoms with Crippen molar-refractivity contribution in [2.24, 2.45) is 0 Å². The second-order valence-corrected chi connectivity index (χ2v) is 9.21. The number of carbonyl (C=O) groups is 5. The standard InChI is InChI=1S/C23H36N4O7S2/c1-3-21(30)25-16-26(22(31)4-2)18-27(17-25)23(32)7-14-36-15-19(28)5-9-33-11-12-34-10-8-24-20(29)6-13-35/h3-4,35H,1-2,5-18H2,(H,24,29). The summed E-state index contributed by atoms with van der Waals surface area (Å²) in [5.41, 5.74) is 0. The quantitative estimate of drug-likeness (QED) is 0.143. The van der Waals surface area contributed by atoms with Gasteiger partial charge in [0.2, 0.25) is 23.6 Å². The Morgan fingerprint density at radius 1 is 0.833 bits per heavy atom. The van der Waals surface area contributed by atoms with Crippen molar-refractivity contribution >= 4 is 53.8 Å². The lowest BCUT2D eigenvalue weighted by molar-refractivity contribution is -0.154. The van der Waals surface area contributed by atoms with Crippen molar-refractivity contribution in [2.75, 3.05) is 70.2 Å². The Morgan fingerprint density at radius 2 is 1.42 bits per heavy atom. The number of hydrogen-bond acceptors (Lipinski definition) is 9. The minimum Gasteiger partial charge on any atom is -0.379 e. The summed E-state index contributed by atoms with van der Waals surface area (Å²) in [6.45, 7) is 8.92. The Labute approximate surface area is 222 Å². The molecule has 4 amide bonds. The van der Waals surface area contributed by atoms with Crippen LogP contribution in [0.1, 0.15) is 19.3 Å². The fourth-order valence-electron chi connectivity index (χ4n) is 2.98. The molecule has 1 fully saturated rings. The molecule has 0 atom stereocenters. The van der Waals surface area contributed by atoms with Crippen LogP contribution in [0.2, 0.25) is 0 Å². The van der Waals surface area contributed by atoms with Crippen LogP contribution in [0.15, 0.2) is 25.3 Å². The van der Waals surface area contributed by atoms with Crippen LogP contribution in [0.25, 0.3) is 0 Å². The van der Waals surface area contributed by atoms with Gasteiger partial charge in [-0.25, -0.2) is 0 Å². The van der Waals surface area contributed by atoms with Crippen molar-refractivity contribution in [1.29, 1.82) is 0 Å².